The minimum Gasteiger partial charge on any atom is -0.374 e. The molecule has 2 rings (SSSR count). The van der Waals surface area contributed by atoms with Crippen LogP contribution in [0.25, 0.3) is 5.69 Å². The molecule has 160 valence electrons. The molecule has 0 saturated carbocycles. The Labute approximate surface area is 174 Å². The van der Waals surface area contributed by atoms with Gasteiger partial charge in [0.1, 0.15) is 0 Å². The number of hydrogen-bond donors (Lipinski definition) is 1. The molecule has 0 atom stereocenters. The maximum absolute atomic E-state index is 12.9. The van der Waals surface area contributed by atoms with Crippen molar-refractivity contribution < 1.29 is 13.3 Å². The number of H-pyrrole nitrogens is 1. The molecule has 8 heteroatoms. The van der Waals surface area contributed by atoms with Gasteiger partial charge in [-0.05, 0) is 53.2 Å². The Balaban J connectivity index is 2.10. The molecule has 0 aliphatic rings. The van der Waals surface area contributed by atoms with E-state index in [2.05, 4.69) is 10.1 Å². The van der Waals surface area contributed by atoms with E-state index in [4.69, 9.17) is 13.3 Å². The van der Waals surface area contributed by atoms with Gasteiger partial charge in [-0.25, -0.2) is 4.68 Å². The van der Waals surface area contributed by atoms with Gasteiger partial charge in [0.05, 0.1) is 11.3 Å². The van der Waals surface area contributed by atoms with E-state index in [1.54, 1.807) is 4.68 Å². The predicted molar refractivity (Wildman–Crippen MR) is 118 cm³/mol. The highest BCUT2D eigenvalue weighted by Gasteiger charge is 2.39. The van der Waals surface area contributed by atoms with Crippen LogP contribution < -0.4 is 5.56 Å². The monoisotopic (exact) mass is 419 g/mol. The van der Waals surface area contributed by atoms with Crippen LogP contribution in [0.3, 0.4) is 0 Å². The molecule has 0 bridgehead atoms. The fourth-order valence-corrected chi connectivity index (χ4v) is 5.95. The number of benzene rings is 1. The Bertz CT molecular complexity index is 828. The van der Waals surface area contributed by atoms with Crippen LogP contribution in [0.5, 0.6) is 0 Å². The largest absolute Gasteiger partial charge is 0.500 e. The number of aromatic amines is 1. The van der Waals surface area contributed by atoms with E-state index in [-0.39, 0.29) is 5.56 Å². The standard InChI is InChI=1S/C21H33N3O4Si/c1-6-26-29(27-7-2,28-8-3)16-12-15-22-17(4)20-18(5)23-24(21(20)25)19-13-10-9-11-14-19/h9-11,13-14,23H,6-8,12,15-16H2,1-5H3. The lowest BCUT2D eigenvalue weighted by atomic mass is 10.2. The van der Waals surface area contributed by atoms with Gasteiger partial charge >= 0.3 is 8.80 Å². The van der Waals surface area contributed by atoms with Gasteiger partial charge in [0.25, 0.3) is 5.56 Å². The zero-order valence-electron chi connectivity index (χ0n) is 18.2. The third kappa shape index (κ3) is 5.99. The Morgan fingerprint density at radius 1 is 1.07 bits per heavy atom. The predicted octanol–water partition coefficient (Wildman–Crippen LogP) is 3.72. The SMILES string of the molecule is CCO[Si](CCCN=C(C)c1c(C)[nH]n(-c2ccccc2)c1=O)(OCC)OCC. The molecule has 0 saturated heterocycles. The topological polar surface area (TPSA) is 77.8 Å². The molecule has 2 aromatic rings. The van der Waals surface area contributed by atoms with E-state index < -0.39 is 8.80 Å². The number of nitrogens with one attached hydrogen (secondary N) is 1. The van der Waals surface area contributed by atoms with E-state index in [9.17, 15) is 4.79 Å². The quantitative estimate of drug-likeness (QED) is 0.323. The molecule has 0 aliphatic carbocycles. The molecule has 7 nitrogen and oxygen atoms in total. The molecule has 0 unspecified atom stereocenters. The van der Waals surface area contributed by atoms with Gasteiger partial charge in [-0.3, -0.25) is 14.9 Å². The molecular formula is C21H33N3O4Si. The van der Waals surface area contributed by atoms with Crippen LogP contribution in [0, 0.1) is 6.92 Å². The molecule has 0 fully saturated rings. The second-order valence-electron chi connectivity index (χ2n) is 6.64. The van der Waals surface area contributed by atoms with Crippen LogP contribution in [-0.2, 0) is 13.3 Å². The Hall–Kier alpha value is -2.00. The van der Waals surface area contributed by atoms with Gasteiger partial charge in [-0.2, -0.15) is 0 Å². The van der Waals surface area contributed by atoms with E-state index in [0.29, 0.717) is 38.0 Å². The highest BCUT2D eigenvalue weighted by molar-refractivity contribution is 6.60. The van der Waals surface area contributed by atoms with Crippen molar-refractivity contribution in [3.05, 3.63) is 51.9 Å². The molecule has 0 spiro atoms. The lowest BCUT2D eigenvalue weighted by molar-refractivity contribution is 0.0710. The summed E-state index contributed by atoms with van der Waals surface area (Å²) in [7, 11) is -2.65. The summed E-state index contributed by atoms with van der Waals surface area (Å²) in [5.74, 6) is 0. The van der Waals surface area contributed by atoms with Crippen LogP contribution in [0.2, 0.25) is 6.04 Å². The fourth-order valence-electron chi connectivity index (χ4n) is 3.35. The minimum atomic E-state index is -2.65. The van der Waals surface area contributed by atoms with Gasteiger partial charge in [0.2, 0.25) is 0 Å². The fraction of sp³-hybridized carbons (Fsp3) is 0.524. The van der Waals surface area contributed by atoms with Gasteiger partial charge in [-0.15, -0.1) is 0 Å². The van der Waals surface area contributed by atoms with Crippen molar-refractivity contribution in [1.82, 2.24) is 9.78 Å². The first-order valence-electron chi connectivity index (χ1n) is 10.3. The summed E-state index contributed by atoms with van der Waals surface area (Å²) in [6.45, 7) is 11.9. The Morgan fingerprint density at radius 3 is 2.21 bits per heavy atom. The maximum Gasteiger partial charge on any atom is 0.500 e. The number of para-hydroxylation sites is 1. The molecule has 0 radical (unpaired) electrons. The Kier molecular flexibility index (Phi) is 9.03. The summed E-state index contributed by atoms with van der Waals surface area (Å²) >= 11 is 0. The minimum absolute atomic E-state index is 0.0865. The van der Waals surface area contributed by atoms with E-state index in [0.717, 1.165) is 23.5 Å². The molecule has 1 aromatic heterocycles. The third-order valence-corrected chi connectivity index (χ3v) is 7.68. The van der Waals surface area contributed by atoms with Crippen molar-refractivity contribution in [3.8, 4) is 5.69 Å². The zero-order chi connectivity index (χ0) is 21.3. The molecule has 1 heterocycles. The number of aliphatic imine (C=N–C) groups is 1. The molecule has 1 N–H and O–H groups in total. The molecular weight excluding hydrogens is 386 g/mol. The maximum atomic E-state index is 12.9. The van der Waals surface area contributed by atoms with Crippen molar-refractivity contribution in [2.24, 2.45) is 4.99 Å². The van der Waals surface area contributed by atoms with Gasteiger partial charge in [0, 0.05) is 43.8 Å². The van der Waals surface area contributed by atoms with Crippen molar-refractivity contribution in [3.63, 3.8) is 0 Å². The van der Waals surface area contributed by atoms with Crippen molar-refractivity contribution in [2.45, 2.75) is 47.1 Å². The summed E-state index contributed by atoms with van der Waals surface area (Å²) in [5.41, 5.74) is 2.88. The highest BCUT2D eigenvalue weighted by Crippen LogP contribution is 2.18. The first-order chi connectivity index (χ1) is 14.0. The lowest BCUT2D eigenvalue weighted by Crippen LogP contribution is -2.46. The number of hydrogen-bond acceptors (Lipinski definition) is 5. The van der Waals surface area contributed by atoms with Crippen molar-refractivity contribution in [2.75, 3.05) is 26.4 Å². The third-order valence-electron chi connectivity index (χ3n) is 4.53. The summed E-state index contributed by atoms with van der Waals surface area (Å²) < 4.78 is 19.2. The van der Waals surface area contributed by atoms with Gasteiger partial charge in [0.15, 0.2) is 0 Å². The lowest BCUT2D eigenvalue weighted by Gasteiger charge is -2.28. The van der Waals surface area contributed by atoms with Crippen molar-refractivity contribution >= 4 is 14.5 Å². The summed E-state index contributed by atoms with van der Waals surface area (Å²) in [4.78, 5) is 17.5. The van der Waals surface area contributed by atoms with Crippen LogP contribution in [0.15, 0.2) is 40.1 Å². The number of rotatable bonds is 12. The number of aryl methyl sites for hydroxylation is 1. The highest BCUT2D eigenvalue weighted by atomic mass is 28.4. The number of nitrogens with zero attached hydrogens (tertiary/aromatic N) is 2. The van der Waals surface area contributed by atoms with Crippen LogP contribution >= 0.6 is 0 Å². The first-order valence-corrected chi connectivity index (χ1v) is 12.2. The first kappa shape index (κ1) is 23.3. The molecule has 1 aromatic carbocycles. The van der Waals surface area contributed by atoms with Gasteiger partial charge < -0.3 is 13.3 Å². The van der Waals surface area contributed by atoms with Crippen LogP contribution in [0.1, 0.15) is 45.4 Å². The summed E-state index contributed by atoms with van der Waals surface area (Å²) in [6.07, 6.45) is 0.778. The van der Waals surface area contributed by atoms with Crippen molar-refractivity contribution in [1.29, 1.82) is 0 Å². The molecule has 0 amide bonds. The van der Waals surface area contributed by atoms with E-state index in [1.807, 2.05) is 65.0 Å². The normalized spacial score (nSPS) is 12.5. The summed E-state index contributed by atoms with van der Waals surface area (Å²) in [5, 5.41) is 3.15. The zero-order valence-corrected chi connectivity index (χ0v) is 19.2. The van der Waals surface area contributed by atoms with E-state index >= 15 is 0 Å². The molecule has 29 heavy (non-hydrogen) atoms. The average Bonchev–Trinajstić information content (AvgIpc) is 3.00. The van der Waals surface area contributed by atoms with E-state index in [1.165, 1.54) is 0 Å². The second-order valence-corrected chi connectivity index (χ2v) is 9.37. The smallest absolute Gasteiger partial charge is 0.374 e. The van der Waals surface area contributed by atoms with Crippen LogP contribution in [0.4, 0.5) is 0 Å². The molecule has 0 aliphatic heterocycles. The summed E-state index contributed by atoms with van der Waals surface area (Å²) in [6, 6.07) is 10.2. The Morgan fingerprint density at radius 2 is 1.66 bits per heavy atom. The second kappa shape index (κ2) is 11.3. The average molecular weight is 420 g/mol. The number of aromatic nitrogens is 2. The van der Waals surface area contributed by atoms with Gasteiger partial charge in [-0.1, -0.05) is 18.2 Å². The van der Waals surface area contributed by atoms with Crippen LogP contribution in [-0.4, -0.2) is 50.7 Å².